The van der Waals surface area contributed by atoms with Crippen LogP contribution in [0.25, 0.3) is 0 Å². The third-order valence-corrected chi connectivity index (χ3v) is 2.63. The van der Waals surface area contributed by atoms with E-state index < -0.39 is 0 Å². The van der Waals surface area contributed by atoms with Gasteiger partial charge in [-0.05, 0) is 21.2 Å². The van der Waals surface area contributed by atoms with Crippen molar-refractivity contribution in [1.29, 1.82) is 0 Å². The van der Waals surface area contributed by atoms with Crippen LogP contribution in [0.15, 0.2) is 0 Å². The molecule has 0 heterocycles. The van der Waals surface area contributed by atoms with Gasteiger partial charge in [-0.25, -0.2) is 0 Å². The first-order chi connectivity index (χ1) is 4.31. The van der Waals surface area contributed by atoms with Gasteiger partial charge in [-0.15, -0.1) is 0 Å². The first-order valence-corrected chi connectivity index (χ1v) is 6.91. The van der Waals surface area contributed by atoms with E-state index in [0.29, 0.717) is 11.9 Å². The summed E-state index contributed by atoms with van der Waals surface area (Å²) in [5.41, 5.74) is 0. The highest BCUT2D eigenvalue weighted by Crippen LogP contribution is 2.09. The molecule has 0 atom stereocenters. The van der Waals surface area contributed by atoms with Gasteiger partial charge in [0.1, 0.15) is 11.9 Å². The Morgan fingerprint density at radius 1 is 1.78 bits per heavy atom. The fraction of sp³-hybridized carbons (Fsp3) is 0.750. The average molecular weight is 325 g/mol. The van der Waals surface area contributed by atoms with Crippen LogP contribution in [-0.4, -0.2) is 23.7 Å². The molecule has 0 fully saturated rings. The first kappa shape index (κ1) is 10.0. The topological polar surface area (TPSA) is 26.3 Å². The second-order valence-electron chi connectivity index (χ2n) is 1.17. The number of halogens is 2. The van der Waals surface area contributed by atoms with Crippen LogP contribution in [0.5, 0.6) is 0 Å². The molecule has 0 aromatic heterocycles. The Labute approximate surface area is 78.8 Å². The first-order valence-electron chi connectivity index (χ1n) is 2.26. The minimum absolute atomic E-state index is 0.194. The van der Waals surface area contributed by atoms with Crippen molar-refractivity contribution >= 4 is 52.0 Å². The van der Waals surface area contributed by atoms with Gasteiger partial charge in [0.05, 0.1) is 0 Å². The standard InChI is InChI=1S/C4H6BrIO2S/c5-3-4(7)8-1-2-9-6/h1-3H2. The monoisotopic (exact) mass is 324 g/mol. The zero-order valence-electron chi connectivity index (χ0n) is 4.60. The number of ether oxygens (including phenoxy) is 1. The fourth-order valence-electron chi connectivity index (χ4n) is 0.226. The molecule has 5 heteroatoms. The lowest BCUT2D eigenvalue weighted by Gasteiger charge is -1.97. The Hall–Kier alpha value is 1.03. The van der Waals surface area contributed by atoms with Crippen molar-refractivity contribution < 1.29 is 9.53 Å². The molecule has 0 aliphatic carbocycles. The molecule has 0 radical (unpaired) electrons. The molecule has 0 aromatic rings. The molecule has 0 saturated heterocycles. The highest BCUT2D eigenvalue weighted by Gasteiger charge is 1.96. The molecule has 54 valence electrons. The summed E-state index contributed by atoms with van der Waals surface area (Å²) in [5, 5.41) is 0.291. The maximum Gasteiger partial charge on any atom is 0.316 e. The molecule has 0 spiro atoms. The number of esters is 1. The van der Waals surface area contributed by atoms with E-state index in [0.717, 1.165) is 5.75 Å². The van der Waals surface area contributed by atoms with Crippen LogP contribution in [0.3, 0.4) is 0 Å². The molecule has 0 N–H and O–H groups in total. The van der Waals surface area contributed by atoms with Gasteiger partial charge in [-0.2, -0.15) is 0 Å². The van der Waals surface area contributed by atoms with E-state index in [4.69, 9.17) is 4.74 Å². The third-order valence-electron chi connectivity index (χ3n) is 0.533. The van der Waals surface area contributed by atoms with E-state index in [2.05, 4.69) is 37.1 Å². The van der Waals surface area contributed by atoms with E-state index in [-0.39, 0.29) is 5.97 Å². The minimum atomic E-state index is -0.194. The molecule has 0 unspecified atom stereocenters. The Balaban J connectivity index is 2.97. The molecule has 0 aliphatic heterocycles. The normalized spacial score (nSPS) is 9.11. The lowest BCUT2D eigenvalue weighted by Crippen LogP contribution is -2.07. The second kappa shape index (κ2) is 7.14. The summed E-state index contributed by atoms with van der Waals surface area (Å²) in [4.78, 5) is 10.4. The van der Waals surface area contributed by atoms with Crippen molar-refractivity contribution in [3.05, 3.63) is 0 Å². The lowest BCUT2D eigenvalue weighted by molar-refractivity contribution is -0.139. The molecule has 2 nitrogen and oxygen atoms in total. The van der Waals surface area contributed by atoms with E-state index in [1.54, 1.807) is 8.93 Å². The van der Waals surface area contributed by atoms with Gasteiger partial charge in [-0.3, -0.25) is 4.79 Å². The van der Waals surface area contributed by atoms with Crippen LogP contribution in [0, 0.1) is 0 Å². The smallest absolute Gasteiger partial charge is 0.316 e. The van der Waals surface area contributed by atoms with Crippen LogP contribution < -0.4 is 0 Å². The summed E-state index contributed by atoms with van der Waals surface area (Å²) in [6, 6.07) is 0. The molecular formula is C4H6BrIO2S. The molecule has 0 aliphatic rings. The lowest BCUT2D eigenvalue weighted by atomic mass is 10.8. The van der Waals surface area contributed by atoms with Gasteiger partial charge >= 0.3 is 5.97 Å². The SMILES string of the molecule is O=C(CBr)OCCSI. The zero-order chi connectivity index (χ0) is 7.11. The molecule has 0 rings (SSSR count). The largest absolute Gasteiger partial charge is 0.464 e. The summed E-state index contributed by atoms with van der Waals surface area (Å²) < 4.78 is 4.72. The number of carbonyl (C=O) groups excluding carboxylic acids is 1. The Bertz CT molecular complexity index is 90.6. The second-order valence-corrected chi connectivity index (χ2v) is 4.22. The third kappa shape index (κ3) is 6.92. The summed E-state index contributed by atoms with van der Waals surface area (Å²) in [6.07, 6.45) is 0. The molecule has 0 aromatic carbocycles. The van der Waals surface area contributed by atoms with Gasteiger partial charge in [0, 0.05) is 5.75 Å². The Kier molecular flexibility index (Phi) is 7.96. The number of alkyl halides is 1. The predicted molar refractivity (Wildman–Crippen MR) is 51.2 cm³/mol. The number of carbonyl (C=O) groups is 1. The van der Waals surface area contributed by atoms with Crippen LogP contribution >= 0.6 is 46.1 Å². The number of rotatable bonds is 4. The molecule has 9 heavy (non-hydrogen) atoms. The van der Waals surface area contributed by atoms with E-state index in [9.17, 15) is 4.79 Å². The van der Waals surface area contributed by atoms with Gasteiger partial charge in [0.15, 0.2) is 0 Å². The van der Waals surface area contributed by atoms with Crippen LogP contribution in [0.4, 0.5) is 0 Å². The molecule has 0 saturated carbocycles. The predicted octanol–water partition coefficient (Wildman–Crippen LogP) is 2.01. The summed E-state index contributed by atoms with van der Waals surface area (Å²) in [5.74, 6) is 0.666. The quantitative estimate of drug-likeness (QED) is 0.342. The van der Waals surface area contributed by atoms with Crippen LogP contribution in [0.2, 0.25) is 0 Å². The maximum atomic E-state index is 10.4. The number of hydrogen-bond donors (Lipinski definition) is 0. The highest BCUT2D eigenvalue weighted by atomic mass is 127. The van der Waals surface area contributed by atoms with Crippen molar-refractivity contribution in [1.82, 2.24) is 0 Å². The Morgan fingerprint density at radius 3 is 2.89 bits per heavy atom. The van der Waals surface area contributed by atoms with Crippen molar-refractivity contribution in [3.63, 3.8) is 0 Å². The minimum Gasteiger partial charge on any atom is -0.464 e. The van der Waals surface area contributed by atoms with Crippen molar-refractivity contribution in [2.24, 2.45) is 0 Å². The zero-order valence-corrected chi connectivity index (χ0v) is 9.16. The Morgan fingerprint density at radius 2 is 2.44 bits per heavy atom. The molecule has 0 bridgehead atoms. The van der Waals surface area contributed by atoms with Gasteiger partial charge < -0.3 is 4.74 Å². The average Bonchev–Trinajstić information content (AvgIpc) is 1.89. The van der Waals surface area contributed by atoms with Gasteiger partial charge in [0.2, 0.25) is 0 Å². The number of hydrogen-bond acceptors (Lipinski definition) is 3. The van der Waals surface area contributed by atoms with Crippen molar-refractivity contribution in [2.45, 2.75) is 0 Å². The van der Waals surface area contributed by atoms with E-state index in [1.165, 1.54) is 0 Å². The highest BCUT2D eigenvalue weighted by molar-refractivity contribution is 14.2. The van der Waals surface area contributed by atoms with E-state index >= 15 is 0 Å². The fourth-order valence-corrected chi connectivity index (χ4v) is 1.07. The molecular weight excluding hydrogens is 319 g/mol. The summed E-state index contributed by atoms with van der Waals surface area (Å²) in [7, 11) is 1.63. The van der Waals surface area contributed by atoms with Crippen LogP contribution in [-0.2, 0) is 9.53 Å². The van der Waals surface area contributed by atoms with Crippen molar-refractivity contribution in [2.75, 3.05) is 17.7 Å². The summed E-state index contributed by atoms with van der Waals surface area (Å²) in [6.45, 7) is 0.512. The van der Waals surface area contributed by atoms with Crippen molar-refractivity contribution in [3.8, 4) is 0 Å². The van der Waals surface area contributed by atoms with E-state index in [1.807, 2.05) is 0 Å². The summed E-state index contributed by atoms with van der Waals surface area (Å²) >= 11 is 5.14. The van der Waals surface area contributed by atoms with Gasteiger partial charge in [0.25, 0.3) is 0 Å². The van der Waals surface area contributed by atoms with Crippen LogP contribution in [0.1, 0.15) is 0 Å². The molecule has 0 amide bonds. The maximum absolute atomic E-state index is 10.4. The van der Waals surface area contributed by atoms with Gasteiger partial charge in [-0.1, -0.05) is 24.9 Å².